The molecule has 0 atom stereocenters. The number of rotatable bonds is 1. The molecule has 2 aliphatic rings. The van der Waals surface area contributed by atoms with Gasteiger partial charge in [0.2, 0.25) is 0 Å². The highest BCUT2D eigenvalue weighted by Gasteiger charge is 2.21. The maximum atomic E-state index is 2.77. The number of hydrogen-bond acceptors (Lipinski definition) is 1. The van der Waals surface area contributed by atoms with Crippen molar-refractivity contribution >= 4 is 11.1 Å². The van der Waals surface area contributed by atoms with Crippen molar-refractivity contribution in [2.24, 2.45) is 0 Å². The summed E-state index contributed by atoms with van der Waals surface area (Å²) < 4.78 is 2.77. The molecule has 0 radical (unpaired) electrons. The quantitative estimate of drug-likeness (QED) is 0.571. The highest BCUT2D eigenvalue weighted by Crippen LogP contribution is 2.40. The molecule has 0 spiro atoms. The number of thiol groups is 1. The van der Waals surface area contributed by atoms with Crippen molar-refractivity contribution in [3.63, 3.8) is 0 Å². The summed E-state index contributed by atoms with van der Waals surface area (Å²) in [5.41, 5.74) is 0. The van der Waals surface area contributed by atoms with Crippen LogP contribution in [-0.2, 0) is 0 Å². The zero-order chi connectivity index (χ0) is 6.81. The third-order valence-corrected chi connectivity index (χ3v) is 5.43. The predicted molar refractivity (Wildman–Crippen MR) is 48.8 cm³/mol. The predicted octanol–water partition coefficient (Wildman–Crippen LogP) is 1.79. The molecule has 0 saturated carbocycles. The molecule has 0 bridgehead atoms. The first-order valence-electron chi connectivity index (χ1n) is 4.46. The van der Waals surface area contributed by atoms with Gasteiger partial charge in [-0.3, -0.25) is 4.31 Å². The van der Waals surface area contributed by atoms with E-state index < -0.39 is 0 Å². The van der Waals surface area contributed by atoms with Crippen LogP contribution in [0.3, 0.4) is 0 Å². The summed E-state index contributed by atoms with van der Waals surface area (Å²) >= 11 is 0.387. The monoisotopic (exact) mass is 159 g/mol. The Bertz CT molecular complexity index is 89.8. The molecule has 2 heteroatoms. The fourth-order valence-electron chi connectivity index (χ4n) is 1.97. The Morgan fingerprint density at radius 3 is 2.00 bits per heavy atom. The van der Waals surface area contributed by atoms with Crippen LogP contribution in [0.1, 0.15) is 25.7 Å². The maximum absolute atomic E-state index is 2.77. The second-order valence-corrected chi connectivity index (χ2v) is 5.79. The van der Waals surface area contributed by atoms with E-state index in [9.17, 15) is 0 Å². The first-order chi connectivity index (χ1) is 4.97. The van der Waals surface area contributed by atoms with E-state index in [1.807, 2.05) is 0 Å². The standard InChI is InChI=1S/C8H17NS/c1-2-6-9(5-1)10-7-3-4-8-10/h10H,1-8H2. The van der Waals surface area contributed by atoms with Crippen LogP contribution in [0, 0.1) is 0 Å². The normalized spacial score (nSPS) is 31.8. The second kappa shape index (κ2) is 3.14. The third-order valence-electron chi connectivity index (χ3n) is 2.56. The molecule has 0 aromatic heterocycles. The van der Waals surface area contributed by atoms with E-state index in [1.165, 1.54) is 38.8 Å². The minimum atomic E-state index is 0.387. The van der Waals surface area contributed by atoms with E-state index >= 15 is 0 Å². The molecular weight excluding hydrogens is 142 g/mol. The van der Waals surface area contributed by atoms with Gasteiger partial charge in [-0.15, -0.1) is 0 Å². The molecule has 2 fully saturated rings. The molecule has 1 nitrogen and oxygen atoms in total. The lowest BCUT2D eigenvalue weighted by molar-refractivity contribution is 0.579. The molecular formula is C8H17NS. The summed E-state index contributed by atoms with van der Waals surface area (Å²) in [4.78, 5) is 0. The van der Waals surface area contributed by atoms with Gasteiger partial charge in [0.1, 0.15) is 0 Å². The van der Waals surface area contributed by atoms with Crippen molar-refractivity contribution in [3.8, 4) is 0 Å². The fourth-order valence-corrected chi connectivity index (χ4v) is 4.78. The number of nitrogens with zero attached hydrogens (tertiary/aromatic N) is 1. The SMILES string of the molecule is C1CCN([SH]2CCCC2)C1. The highest BCUT2D eigenvalue weighted by atomic mass is 32.2. The topological polar surface area (TPSA) is 3.24 Å². The van der Waals surface area contributed by atoms with Crippen molar-refractivity contribution in [3.05, 3.63) is 0 Å². The van der Waals surface area contributed by atoms with Crippen molar-refractivity contribution < 1.29 is 0 Å². The summed E-state index contributed by atoms with van der Waals surface area (Å²) in [6.45, 7) is 2.84. The molecule has 2 rings (SSSR count). The fraction of sp³-hybridized carbons (Fsp3) is 1.00. The zero-order valence-corrected chi connectivity index (χ0v) is 7.45. The molecule has 0 N–H and O–H groups in total. The van der Waals surface area contributed by atoms with E-state index in [-0.39, 0.29) is 0 Å². The lowest BCUT2D eigenvalue weighted by Crippen LogP contribution is -2.16. The Balaban J connectivity index is 1.85. The molecule has 0 aromatic rings. The van der Waals surface area contributed by atoms with Gasteiger partial charge < -0.3 is 0 Å². The van der Waals surface area contributed by atoms with E-state index in [0.717, 1.165) is 0 Å². The smallest absolute Gasteiger partial charge is 0.00721 e. The minimum absolute atomic E-state index is 0.387. The summed E-state index contributed by atoms with van der Waals surface area (Å²) in [7, 11) is 0. The van der Waals surface area contributed by atoms with Gasteiger partial charge in [0.15, 0.2) is 0 Å². The average Bonchev–Trinajstić information content (AvgIpc) is 2.59. The van der Waals surface area contributed by atoms with Crippen LogP contribution < -0.4 is 0 Å². The molecule has 10 heavy (non-hydrogen) atoms. The first-order valence-corrected chi connectivity index (χ1v) is 6.13. The Hall–Kier alpha value is 0.310. The van der Waals surface area contributed by atoms with E-state index in [1.54, 1.807) is 11.5 Å². The lowest BCUT2D eigenvalue weighted by atomic mass is 10.4. The molecule has 60 valence electrons. The Morgan fingerprint density at radius 2 is 1.40 bits per heavy atom. The summed E-state index contributed by atoms with van der Waals surface area (Å²) in [6.07, 6.45) is 5.97. The summed E-state index contributed by atoms with van der Waals surface area (Å²) in [5.74, 6) is 3.10. The Labute approximate surface area is 66.3 Å². The van der Waals surface area contributed by atoms with Gasteiger partial charge in [0.25, 0.3) is 0 Å². The molecule has 2 aliphatic heterocycles. The van der Waals surface area contributed by atoms with Gasteiger partial charge in [0, 0.05) is 13.1 Å². The molecule has 0 amide bonds. The van der Waals surface area contributed by atoms with E-state index in [4.69, 9.17) is 0 Å². The first kappa shape index (κ1) is 6.99. The van der Waals surface area contributed by atoms with Crippen molar-refractivity contribution in [2.45, 2.75) is 25.7 Å². The number of hydrogen-bond donors (Lipinski definition) is 1. The van der Waals surface area contributed by atoms with Gasteiger partial charge >= 0.3 is 0 Å². The van der Waals surface area contributed by atoms with Crippen LogP contribution in [0.2, 0.25) is 0 Å². The van der Waals surface area contributed by atoms with Crippen molar-refractivity contribution in [1.29, 1.82) is 0 Å². The highest BCUT2D eigenvalue weighted by molar-refractivity contribution is 8.15. The summed E-state index contributed by atoms with van der Waals surface area (Å²) in [6, 6.07) is 0. The van der Waals surface area contributed by atoms with Crippen LogP contribution >= 0.6 is 11.1 Å². The van der Waals surface area contributed by atoms with Crippen molar-refractivity contribution in [2.75, 3.05) is 24.6 Å². The van der Waals surface area contributed by atoms with Gasteiger partial charge in [-0.1, -0.05) is 0 Å². The summed E-state index contributed by atoms with van der Waals surface area (Å²) in [5, 5.41) is 0. The molecule has 0 aliphatic carbocycles. The van der Waals surface area contributed by atoms with Crippen molar-refractivity contribution in [1.82, 2.24) is 4.31 Å². The molecule has 2 heterocycles. The third kappa shape index (κ3) is 1.32. The lowest BCUT2D eigenvalue weighted by Gasteiger charge is -2.26. The van der Waals surface area contributed by atoms with Crippen LogP contribution in [0.15, 0.2) is 0 Å². The Kier molecular flexibility index (Phi) is 2.19. The van der Waals surface area contributed by atoms with Gasteiger partial charge in [-0.25, -0.2) is 0 Å². The average molecular weight is 159 g/mol. The van der Waals surface area contributed by atoms with Crippen LogP contribution in [-0.4, -0.2) is 28.9 Å². The van der Waals surface area contributed by atoms with Crippen LogP contribution in [0.5, 0.6) is 0 Å². The Morgan fingerprint density at radius 1 is 0.800 bits per heavy atom. The second-order valence-electron chi connectivity index (χ2n) is 3.32. The molecule has 2 saturated heterocycles. The van der Waals surface area contributed by atoms with Gasteiger partial charge in [0.05, 0.1) is 0 Å². The largest absolute Gasteiger partial charge is 0.270 e. The minimum Gasteiger partial charge on any atom is -0.270 e. The molecule has 0 unspecified atom stereocenters. The van der Waals surface area contributed by atoms with E-state index in [2.05, 4.69) is 4.31 Å². The van der Waals surface area contributed by atoms with Gasteiger partial charge in [-0.05, 0) is 37.2 Å². The zero-order valence-electron chi connectivity index (χ0n) is 6.55. The van der Waals surface area contributed by atoms with Gasteiger partial charge in [-0.2, -0.15) is 11.1 Å². The molecule has 0 aromatic carbocycles. The van der Waals surface area contributed by atoms with Crippen LogP contribution in [0.25, 0.3) is 0 Å². The van der Waals surface area contributed by atoms with Crippen LogP contribution in [0.4, 0.5) is 0 Å². The van der Waals surface area contributed by atoms with E-state index in [0.29, 0.717) is 11.1 Å². The maximum Gasteiger partial charge on any atom is 0.00721 e.